The summed E-state index contributed by atoms with van der Waals surface area (Å²) in [5.41, 5.74) is 11.3. The van der Waals surface area contributed by atoms with E-state index >= 15 is 0 Å². The minimum atomic E-state index is -0.371. The Morgan fingerprint density at radius 2 is 0.301 bits per heavy atom. The Morgan fingerprint density at radius 1 is 0.179 bits per heavy atom. The van der Waals surface area contributed by atoms with Crippen molar-refractivity contribution in [3.05, 3.63) is 69.8 Å². The zero-order chi connectivity index (χ0) is 87.4. The second-order valence-electron chi connectivity index (χ2n) is 37.5. The number of hydrogen-bond donors (Lipinski definition) is 0. The van der Waals surface area contributed by atoms with Crippen LogP contribution < -0.4 is 28.4 Å². The molecule has 0 bridgehead atoms. The van der Waals surface area contributed by atoms with Gasteiger partial charge in [0.25, 0.3) is 0 Å². The van der Waals surface area contributed by atoms with Crippen LogP contribution in [0.25, 0.3) is 33.4 Å². The van der Waals surface area contributed by atoms with Crippen LogP contribution >= 0.6 is 0 Å². The molecule has 3 aliphatic carbocycles. The highest BCUT2D eigenvalue weighted by Gasteiger charge is 2.40. The molecular weight excluding hydrogens is 1530 g/mol. The highest BCUT2D eigenvalue weighted by Crippen LogP contribution is 2.60. The number of benzene rings is 4. The van der Waals surface area contributed by atoms with E-state index in [0.717, 1.165) is 182 Å². The second kappa shape index (κ2) is 65.3. The lowest BCUT2D eigenvalue weighted by atomic mass is 9.86. The smallest absolute Gasteiger partial charge is 0.311 e. The molecule has 7 rings (SSSR count). The summed E-state index contributed by atoms with van der Waals surface area (Å²) < 4.78 is 38.8. The van der Waals surface area contributed by atoms with E-state index in [1.807, 2.05) is 36.4 Å². The minimum absolute atomic E-state index is 0.206. The zero-order valence-corrected chi connectivity index (χ0v) is 79.4. The van der Waals surface area contributed by atoms with E-state index in [9.17, 15) is 28.8 Å². The molecule has 0 amide bonds. The molecule has 3 aliphatic rings. The van der Waals surface area contributed by atoms with Gasteiger partial charge < -0.3 is 28.4 Å². The van der Waals surface area contributed by atoms with E-state index in [4.69, 9.17) is 28.4 Å². The fourth-order valence-electron chi connectivity index (χ4n) is 19.1. The molecule has 0 aliphatic heterocycles. The van der Waals surface area contributed by atoms with E-state index in [2.05, 4.69) is 41.5 Å². The quantitative estimate of drug-likeness (QED) is 0.0202. The molecule has 0 aromatic heterocycles. The van der Waals surface area contributed by atoms with Crippen molar-refractivity contribution < 1.29 is 57.2 Å². The lowest BCUT2D eigenvalue weighted by molar-refractivity contribution is -0.137. The molecule has 0 N–H and O–H groups in total. The highest BCUT2D eigenvalue weighted by atomic mass is 16.6. The predicted molar refractivity (Wildman–Crippen MR) is 511 cm³/mol. The standard InChI is InChI=1S/C111H174O12/c1-7-13-19-25-31-37-43-49-55-61-67-73-103(112)118-97-82-88-79-94-109(91(88)85-100(97)121-106(115)76-70-64-58-52-46-40-34-28-22-16-10-4)95-80-89-83-98(119-104(113)74-68-62-56-50-44-38-32-26-20-14-8-2)102(123-108(117)78-72-66-60-54-48-42-36-30-24-18-12-6)87-93(89)111(95)96-81-90-84-99(120-105(114)75-69-63-57-51-45-39-33-27-21-15-9-3)101(86-92(90)110(94)96)122-107(116)77-71-65-59-53-47-41-35-29-23-17-11-5/h82-87H,7-81H2,1-6H3. The van der Waals surface area contributed by atoms with Crippen LogP contribution in [0, 0.1) is 0 Å². The molecule has 123 heavy (non-hydrogen) atoms. The van der Waals surface area contributed by atoms with Crippen LogP contribution in [0.3, 0.4) is 0 Å². The molecule has 0 atom stereocenters. The summed E-state index contributed by atoms with van der Waals surface area (Å²) in [7, 11) is 0. The Labute approximate surface area is 749 Å². The number of hydrogen-bond acceptors (Lipinski definition) is 12. The Balaban J connectivity index is 1.26. The van der Waals surface area contributed by atoms with Crippen molar-refractivity contribution in [2.75, 3.05) is 0 Å². The Kier molecular flexibility index (Phi) is 55.1. The average Bonchev–Trinajstić information content (AvgIpc) is 1.53. The summed E-state index contributed by atoms with van der Waals surface area (Å²) in [5.74, 6) is -0.893. The zero-order valence-electron chi connectivity index (χ0n) is 79.4. The van der Waals surface area contributed by atoms with Gasteiger partial charge in [0.1, 0.15) is 0 Å². The van der Waals surface area contributed by atoms with Crippen LogP contribution in [0.15, 0.2) is 36.4 Å². The maximum atomic E-state index is 14.4. The largest absolute Gasteiger partial charge is 0.423 e. The van der Waals surface area contributed by atoms with E-state index in [-0.39, 0.29) is 109 Å². The molecule has 4 aromatic rings. The van der Waals surface area contributed by atoms with Crippen molar-refractivity contribution in [2.24, 2.45) is 0 Å². The van der Waals surface area contributed by atoms with Gasteiger partial charge in [-0.3, -0.25) is 28.8 Å². The lowest BCUT2D eigenvalue weighted by Gasteiger charge is -2.18. The number of carbonyl (C=O) groups excluding carboxylic acids is 6. The minimum Gasteiger partial charge on any atom is -0.423 e. The average molecular weight is 1700 g/mol. The van der Waals surface area contributed by atoms with Gasteiger partial charge in [0, 0.05) is 38.5 Å². The molecule has 0 heterocycles. The van der Waals surface area contributed by atoms with Gasteiger partial charge in [-0.05, 0) is 161 Å². The van der Waals surface area contributed by atoms with Gasteiger partial charge in [0.2, 0.25) is 0 Å². The van der Waals surface area contributed by atoms with Gasteiger partial charge >= 0.3 is 35.8 Å². The van der Waals surface area contributed by atoms with E-state index in [1.165, 1.54) is 270 Å². The van der Waals surface area contributed by atoms with Crippen molar-refractivity contribution in [2.45, 2.75) is 523 Å². The predicted octanol–water partition coefficient (Wildman–Crippen LogP) is 34.0. The molecule has 0 fully saturated rings. The number of rotatable bonds is 78. The van der Waals surface area contributed by atoms with Crippen LogP contribution in [0.4, 0.5) is 0 Å². The van der Waals surface area contributed by atoms with Crippen molar-refractivity contribution in [3.63, 3.8) is 0 Å². The maximum Gasteiger partial charge on any atom is 0.311 e. The Morgan fingerprint density at radius 3 is 0.439 bits per heavy atom. The number of unbranched alkanes of at least 4 members (excludes halogenated alkanes) is 60. The van der Waals surface area contributed by atoms with Gasteiger partial charge in [-0.2, -0.15) is 0 Å². The van der Waals surface area contributed by atoms with E-state index in [1.54, 1.807) is 0 Å². The molecule has 12 heteroatoms. The first kappa shape index (κ1) is 104. The van der Waals surface area contributed by atoms with Gasteiger partial charge in [-0.25, -0.2) is 0 Å². The van der Waals surface area contributed by atoms with E-state index < -0.39 is 0 Å². The summed E-state index contributed by atoms with van der Waals surface area (Å²) in [6.45, 7) is 13.5. The van der Waals surface area contributed by atoms with Crippen LogP contribution in [-0.4, -0.2) is 35.8 Å². The first-order valence-corrected chi connectivity index (χ1v) is 52.4. The first-order chi connectivity index (χ1) is 60.4. The van der Waals surface area contributed by atoms with Crippen molar-refractivity contribution >= 4 is 35.8 Å². The third kappa shape index (κ3) is 40.7. The molecule has 0 saturated heterocycles. The van der Waals surface area contributed by atoms with Crippen LogP contribution in [0.5, 0.6) is 34.5 Å². The summed E-state index contributed by atoms with van der Waals surface area (Å²) >= 11 is 0. The monoisotopic (exact) mass is 1700 g/mol. The first-order valence-electron chi connectivity index (χ1n) is 52.4. The Bertz CT molecular complexity index is 3240. The van der Waals surface area contributed by atoms with Crippen LogP contribution in [0.1, 0.15) is 537 Å². The van der Waals surface area contributed by atoms with Crippen LogP contribution in [0.2, 0.25) is 0 Å². The van der Waals surface area contributed by atoms with E-state index in [0.29, 0.717) is 57.8 Å². The molecule has 0 radical (unpaired) electrons. The molecule has 0 spiro atoms. The summed E-state index contributed by atoms with van der Waals surface area (Å²) in [4.78, 5) is 86.0. The van der Waals surface area contributed by atoms with Crippen molar-refractivity contribution in [1.82, 2.24) is 0 Å². The van der Waals surface area contributed by atoms with Crippen LogP contribution in [-0.2, 0) is 48.0 Å². The molecule has 0 saturated carbocycles. The molecular formula is C111H174O12. The summed E-state index contributed by atoms with van der Waals surface area (Å²) in [6, 6.07) is 11.6. The number of carbonyl (C=O) groups is 6. The molecule has 0 unspecified atom stereocenters. The molecule has 690 valence electrons. The fourth-order valence-corrected chi connectivity index (χ4v) is 19.1. The summed E-state index contributed by atoms with van der Waals surface area (Å²) in [6.07, 6.45) is 79.2. The number of esters is 6. The van der Waals surface area contributed by atoms with Gasteiger partial charge in [-0.1, -0.05) is 427 Å². The topological polar surface area (TPSA) is 158 Å². The third-order valence-corrected chi connectivity index (χ3v) is 26.5. The molecule has 4 aromatic carbocycles. The SMILES string of the molecule is CCCCCCCCCCCCCC(=O)Oc1cc2c(cc1OC(=O)CCCCCCCCCCCCC)-c1c(c3c(c4c1Cc1cc(OC(=O)CCCCCCCCCCCCC)c(OC(=O)CCCCCCCCCCCCC)cc1-4)Cc1cc(OC(=O)CCCCCCCCCCCCC)c(OC(=O)CCCCCCCCCCCCC)cc1-3)C2. The fraction of sp³-hybridized carbons (Fsp3) is 0.730. The summed E-state index contributed by atoms with van der Waals surface area (Å²) in [5, 5.41) is 0. The van der Waals surface area contributed by atoms with Gasteiger partial charge in [-0.15, -0.1) is 0 Å². The second-order valence-corrected chi connectivity index (χ2v) is 37.5. The lowest BCUT2D eigenvalue weighted by Crippen LogP contribution is -2.12. The normalized spacial score (nSPS) is 12.1. The maximum absolute atomic E-state index is 14.4. The highest BCUT2D eigenvalue weighted by molar-refractivity contribution is 6.02. The van der Waals surface area contributed by atoms with Crippen molar-refractivity contribution in [3.8, 4) is 67.9 Å². The van der Waals surface area contributed by atoms with Crippen molar-refractivity contribution in [1.29, 1.82) is 0 Å². The molecule has 12 nitrogen and oxygen atoms in total. The van der Waals surface area contributed by atoms with Gasteiger partial charge in [0.05, 0.1) is 0 Å². The Hall–Kier alpha value is -6.30. The van der Waals surface area contributed by atoms with Gasteiger partial charge in [0.15, 0.2) is 34.5 Å². The third-order valence-electron chi connectivity index (χ3n) is 26.5. The number of ether oxygens (including phenoxy) is 6. The number of fused-ring (bicyclic) bond motifs is 12.